The van der Waals surface area contributed by atoms with Crippen LogP contribution in [0, 0.1) is 39.8 Å². The zero-order valence-electron chi connectivity index (χ0n) is 44.0. The third-order valence-electron chi connectivity index (χ3n) is 12.5. The van der Waals surface area contributed by atoms with Crippen LogP contribution in [0.2, 0.25) is 0 Å². The number of halogens is 2. The molecule has 368 valence electrons. The Morgan fingerprint density at radius 2 is 0.568 bits per heavy atom. The van der Waals surface area contributed by atoms with Gasteiger partial charge < -0.3 is 24.8 Å². The molecule has 0 nitrogen and oxygen atoms in total. The summed E-state index contributed by atoms with van der Waals surface area (Å²) in [5.74, 6) is 0. The number of hydrogen-bond acceptors (Lipinski definition) is 0. The Morgan fingerprint density at radius 1 is 0.338 bits per heavy atom. The third kappa shape index (κ3) is 17.3. The second-order valence-electron chi connectivity index (χ2n) is 18.9. The molecule has 0 heterocycles. The maximum absolute atomic E-state index is 3.19. The molecular weight excluding hydrogens is 1090 g/mol. The first-order valence-electron chi connectivity index (χ1n) is 24.8. The number of aryl methyl sites for hydroxylation is 4. The van der Waals surface area contributed by atoms with Crippen LogP contribution < -0.4 is 24.8 Å². The van der Waals surface area contributed by atoms with Crippen molar-refractivity contribution < 1.29 is 73.3 Å². The summed E-state index contributed by atoms with van der Waals surface area (Å²) in [6.45, 7) is 17.0. The molecule has 0 amide bonds. The molecule has 2 aliphatic carbocycles. The summed E-state index contributed by atoms with van der Waals surface area (Å²) in [5.41, 5.74) is 16.1. The molecule has 0 N–H and O–H groups in total. The van der Waals surface area contributed by atoms with Crippen LogP contribution in [0.1, 0.15) is 85.0 Å². The van der Waals surface area contributed by atoms with Gasteiger partial charge in [-0.2, -0.15) is 11.1 Å². The summed E-state index contributed by atoms with van der Waals surface area (Å²) in [4.78, 5) is 0. The molecule has 0 bridgehead atoms. The van der Waals surface area contributed by atoms with Crippen LogP contribution in [0.3, 0.4) is 0 Å². The van der Waals surface area contributed by atoms with E-state index in [9.17, 15) is 0 Å². The van der Waals surface area contributed by atoms with E-state index in [1.807, 2.05) is 0 Å². The first-order chi connectivity index (χ1) is 34.8. The van der Waals surface area contributed by atoms with Gasteiger partial charge in [-0.15, -0.1) is 92.3 Å². The summed E-state index contributed by atoms with van der Waals surface area (Å²) in [7, 11) is 0. The van der Waals surface area contributed by atoms with E-state index < -0.39 is 0 Å². The molecule has 0 fully saturated rings. The van der Waals surface area contributed by atoms with Gasteiger partial charge in [0.15, 0.2) is 0 Å². The standard InChI is InChI=1S/2C15H13.2C13H10.2C7H9.2ClH.2Zr/c2*1-10-3-5-14-12(7-10)9-13-8-11(2)4-6-15(13)14;2*1-3-7-12(8-4-1)11-13-9-5-2-6-10-13;2*1-6-3-4-7(2)5-6;;;;/h2*3-9H,1-2H3;2*1-10H;2*5H,3H2,1-2H3;2*1H;;/q2*-1;;;2*-1;;;2*+2/p-2. The molecule has 0 spiro atoms. The van der Waals surface area contributed by atoms with Crippen molar-refractivity contribution >= 4 is 49.5 Å². The van der Waals surface area contributed by atoms with Crippen LogP contribution >= 0.6 is 0 Å². The Bertz CT molecular complexity index is 3120. The molecule has 10 aromatic carbocycles. The number of hydrogen-bond donors (Lipinski definition) is 0. The summed E-state index contributed by atoms with van der Waals surface area (Å²) >= 11 is 2.92. The minimum atomic E-state index is 0. The molecule has 0 radical (unpaired) electrons. The maximum atomic E-state index is 3.19. The normalized spacial score (nSPS) is 11.9. The van der Waals surface area contributed by atoms with Crippen LogP contribution in [0.15, 0.2) is 241 Å². The van der Waals surface area contributed by atoms with Crippen molar-refractivity contribution in [1.29, 1.82) is 0 Å². The molecule has 0 aliphatic heterocycles. The van der Waals surface area contributed by atoms with E-state index in [1.54, 1.807) is 0 Å². The second-order valence-corrected chi connectivity index (χ2v) is 21.4. The molecule has 74 heavy (non-hydrogen) atoms. The quantitative estimate of drug-likeness (QED) is 0.154. The van der Waals surface area contributed by atoms with Gasteiger partial charge in [-0.3, -0.25) is 12.2 Å². The molecule has 0 saturated carbocycles. The fourth-order valence-electron chi connectivity index (χ4n) is 8.78. The van der Waals surface area contributed by atoms with Gasteiger partial charge >= 0.3 is 198 Å². The van der Waals surface area contributed by atoms with Gasteiger partial charge in [0.25, 0.3) is 0 Å². The number of fused-ring (bicyclic) bond motifs is 6. The van der Waals surface area contributed by atoms with E-state index in [-0.39, 0.29) is 24.8 Å². The van der Waals surface area contributed by atoms with Gasteiger partial charge in [0.05, 0.1) is 0 Å². The average Bonchev–Trinajstić information content (AvgIpc) is 4.18. The third-order valence-corrected chi connectivity index (χ3v) is 15.3. The number of allylic oxidation sites excluding steroid dienone is 8. The summed E-state index contributed by atoms with van der Waals surface area (Å²) in [6.07, 6.45) is 12.8. The second kappa shape index (κ2) is 29.6. The molecule has 2 aliphatic rings. The average molecular weight is 1160 g/mol. The Hall–Kier alpha value is -5.45. The fraction of sp³-hybridized carbons (Fsp3) is 0.143. The van der Waals surface area contributed by atoms with Crippen molar-refractivity contribution in [3.8, 4) is 0 Å². The van der Waals surface area contributed by atoms with Crippen molar-refractivity contribution in [2.45, 2.75) is 68.2 Å². The Kier molecular flexibility index (Phi) is 23.8. The topological polar surface area (TPSA) is 0 Å². The molecule has 0 aromatic heterocycles. The number of rotatable bonds is 4. The van der Waals surface area contributed by atoms with Gasteiger partial charge in [-0.25, -0.2) is 23.3 Å². The van der Waals surface area contributed by atoms with Crippen LogP contribution in [0.4, 0.5) is 0 Å². The van der Waals surface area contributed by atoms with Crippen molar-refractivity contribution in [3.05, 3.63) is 297 Å². The van der Waals surface area contributed by atoms with E-state index in [0.29, 0.717) is 0 Å². The molecule has 0 atom stereocenters. The Morgan fingerprint density at radius 3 is 0.743 bits per heavy atom. The van der Waals surface area contributed by atoms with Gasteiger partial charge in [-0.05, 0) is 27.7 Å². The molecule has 4 heteroatoms. The van der Waals surface area contributed by atoms with E-state index in [4.69, 9.17) is 0 Å². The van der Waals surface area contributed by atoms with Crippen LogP contribution in [-0.4, -0.2) is 6.41 Å². The molecule has 10 aromatic rings. The van der Waals surface area contributed by atoms with Crippen LogP contribution in [-0.2, 0) is 48.5 Å². The first kappa shape index (κ1) is 59.4. The van der Waals surface area contributed by atoms with Crippen molar-refractivity contribution in [3.63, 3.8) is 0 Å². The molecular formula is C70H64Cl2Zr2-2. The van der Waals surface area contributed by atoms with Gasteiger partial charge in [0.2, 0.25) is 0 Å². The van der Waals surface area contributed by atoms with E-state index in [2.05, 4.69) is 286 Å². The van der Waals surface area contributed by atoms with Crippen LogP contribution in [0.5, 0.6) is 0 Å². The Balaban J connectivity index is 0.000000167. The number of benzene rings is 8. The fourth-order valence-corrected chi connectivity index (χ4v) is 10.4. The molecule has 0 saturated heterocycles. The first-order valence-corrected chi connectivity index (χ1v) is 27.3. The van der Waals surface area contributed by atoms with E-state index in [0.717, 1.165) is 12.8 Å². The van der Waals surface area contributed by atoms with E-state index >= 15 is 0 Å². The molecule has 0 unspecified atom stereocenters. The predicted molar refractivity (Wildman–Crippen MR) is 307 cm³/mol. The SMILES string of the molecule is CC1=[C-]CC(C)=C1.CC1=[C-]CC(C)=C1.Cc1ccc2c(c1)[cH-]c1cc(C)ccc12.Cc1ccc2c(c1)[cH-]c1cc(C)ccc12.[Cl-].[Cl-].[Zr+2]=[C](c1ccccc1)c1ccccc1.[Zr+2]=[C](c1ccccc1)c1ccccc1. The van der Waals surface area contributed by atoms with Gasteiger partial charge in [0.1, 0.15) is 0 Å². The monoisotopic (exact) mass is 1150 g/mol. The predicted octanol–water partition coefficient (Wildman–Crippen LogP) is 12.4. The molecule has 12 rings (SSSR count). The summed E-state index contributed by atoms with van der Waals surface area (Å²) in [5, 5.41) is 10.9. The van der Waals surface area contributed by atoms with E-state index in [1.165, 1.54) is 165 Å². The zero-order chi connectivity index (χ0) is 51.0. The van der Waals surface area contributed by atoms with Crippen molar-refractivity contribution in [1.82, 2.24) is 0 Å². The minimum absolute atomic E-state index is 0. The van der Waals surface area contributed by atoms with Crippen LogP contribution in [0.25, 0.3) is 43.1 Å². The van der Waals surface area contributed by atoms with Crippen molar-refractivity contribution in [2.75, 3.05) is 0 Å². The zero-order valence-corrected chi connectivity index (χ0v) is 50.4. The van der Waals surface area contributed by atoms with Gasteiger partial charge in [0, 0.05) is 0 Å². The summed E-state index contributed by atoms with van der Waals surface area (Å²) < 4.78 is 2.83. The summed E-state index contributed by atoms with van der Waals surface area (Å²) in [6, 6.07) is 73.4. The Labute approximate surface area is 483 Å². The van der Waals surface area contributed by atoms with Gasteiger partial charge in [-0.1, -0.05) is 98.5 Å². The van der Waals surface area contributed by atoms with Crippen molar-refractivity contribution in [2.24, 2.45) is 0 Å².